The van der Waals surface area contributed by atoms with E-state index in [1.165, 1.54) is 12.1 Å². The van der Waals surface area contributed by atoms with Crippen LogP contribution >= 0.6 is 11.6 Å². The first-order chi connectivity index (χ1) is 9.90. The minimum Gasteiger partial charge on any atom is -0.376 e. The van der Waals surface area contributed by atoms with Crippen LogP contribution in [-0.4, -0.2) is 38.4 Å². The first-order valence-electron chi connectivity index (χ1n) is 6.83. The highest BCUT2D eigenvalue weighted by Crippen LogP contribution is 2.29. The molecule has 0 unspecified atom stereocenters. The molecule has 1 fully saturated rings. The van der Waals surface area contributed by atoms with Gasteiger partial charge in [0.2, 0.25) is 0 Å². The van der Waals surface area contributed by atoms with Crippen molar-refractivity contribution in [2.24, 2.45) is 0 Å². The van der Waals surface area contributed by atoms with Gasteiger partial charge in [0.15, 0.2) is 6.10 Å². The van der Waals surface area contributed by atoms with Gasteiger partial charge in [-0.3, -0.25) is 4.79 Å². The third-order valence-electron chi connectivity index (χ3n) is 3.47. The minimum atomic E-state index is -0.571. The maximum absolute atomic E-state index is 13.1. The fourth-order valence-corrected chi connectivity index (χ4v) is 2.62. The molecule has 0 bridgehead atoms. The van der Waals surface area contributed by atoms with Crippen molar-refractivity contribution >= 4 is 17.5 Å². The molecule has 116 valence electrons. The summed E-state index contributed by atoms with van der Waals surface area (Å²) in [4.78, 5) is 12.0. The van der Waals surface area contributed by atoms with Crippen molar-refractivity contribution in [3.8, 4) is 0 Å². The van der Waals surface area contributed by atoms with Crippen molar-refractivity contribution in [1.29, 1.82) is 0 Å². The molecule has 0 spiro atoms. The summed E-state index contributed by atoms with van der Waals surface area (Å²) in [6.07, 6.45) is -0.571. The molecule has 1 atom stereocenters. The Morgan fingerprint density at radius 3 is 2.86 bits per heavy atom. The van der Waals surface area contributed by atoms with Gasteiger partial charge in [-0.2, -0.15) is 0 Å². The highest BCUT2D eigenvalue weighted by molar-refractivity contribution is 6.31. The molecule has 1 aliphatic heterocycles. The van der Waals surface area contributed by atoms with E-state index in [2.05, 4.69) is 5.32 Å². The highest BCUT2D eigenvalue weighted by Gasteiger charge is 2.27. The second-order valence-electron chi connectivity index (χ2n) is 5.66. The number of carbonyl (C=O) groups is 1. The normalized spacial score (nSPS) is 19.3. The van der Waals surface area contributed by atoms with Gasteiger partial charge in [-0.05, 0) is 17.7 Å². The Labute approximate surface area is 128 Å². The Hall–Kier alpha value is -1.17. The molecule has 4 nitrogen and oxygen atoms in total. The molecule has 1 saturated heterocycles. The fraction of sp³-hybridized carbons (Fsp3) is 0.533. The summed E-state index contributed by atoms with van der Waals surface area (Å²) in [5.41, 5.74) is 0.363. The predicted octanol–water partition coefficient (Wildman–Crippen LogP) is 2.29. The van der Waals surface area contributed by atoms with Crippen LogP contribution in [0.4, 0.5) is 4.39 Å². The number of ether oxygens (including phenoxy) is 2. The SMILES string of the molecule is CC(C)(CNC(=O)[C@@H]1COCCO1)c1ccc(F)cc1Cl. The maximum atomic E-state index is 13.1. The van der Waals surface area contributed by atoms with E-state index < -0.39 is 11.5 Å². The number of amides is 1. The molecule has 21 heavy (non-hydrogen) atoms. The summed E-state index contributed by atoms with van der Waals surface area (Å²) >= 11 is 6.08. The third kappa shape index (κ3) is 4.15. The number of benzene rings is 1. The molecule has 0 aliphatic carbocycles. The molecule has 1 heterocycles. The van der Waals surface area contributed by atoms with Gasteiger partial charge in [-0.15, -0.1) is 0 Å². The summed E-state index contributed by atoms with van der Waals surface area (Å²) in [5, 5.41) is 3.19. The van der Waals surface area contributed by atoms with Crippen LogP contribution in [0, 0.1) is 5.82 Å². The second kappa shape index (κ2) is 6.73. The number of nitrogens with one attached hydrogen (secondary N) is 1. The molecule has 1 amide bonds. The van der Waals surface area contributed by atoms with Crippen LogP contribution in [0.2, 0.25) is 5.02 Å². The van der Waals surface area contributed by atoms with Gasteiger partial charge < -0.3 is 14.8 Å². The van der Waals surface area contributed by atoms with Crippen molar-refractivity contribution in [1.82, 2.24) is 5.32 Å². The molecule has 1 N–H and O–H groups in total. The lowest BCUT2D eigenvalue weighted by Gasteiger charge is -2.28. The van der Waals surface area contributed by atoms with Gasteiger partial charge in [0.1, 0.15) is 5.82 Å². The Kier molecular flexibility index (Phi) is 5.19. The average molecular weight is 316 g/mol. The van der Waals surface area contributed by atoms with E-state index in [9.17, 15) is 9.18 Å². The van der Waals surface area contributed by atoms with Crippen molar-refractivity contribution < 1.29 is 18.7 Å². The number of carbonyl (C=O) groups excluding carboxylic acids is 1. The topological polar surface area (TPSA) is 47.6 Å². The quantitative estimate of drug-likeness (QED) is 0.927. The zero-order chi connectivity index (χ0) is 15.5. The Bertz CT molecular complexity index is 516. The van der Waals surface area contributed by atoms with Crippen LogP contribution in [0.3, 0.4) is 0 Å². The lowest BCUT2D eigenvalue weighted by atomic mass is 9.84. The molecule has 1 aliphatic rings. The Morgan fingerprint density at radius 1 is 1.48 bits per heavy atom. The average Bonchev–Trinajstić information content (AvgIpc) is 2.45. The van der Waals surface area contributed by atoms with Gasteiger partial charge >= 0.3 is 0 Å². The van der Waals surface area contributed by atoms with E-state index in [0.29, 0.717) is 24.8 Å². The van der Waals surface area contributed by atoms with E-state index in [-0.39, 0.29) is 18.3 Å². The van der Waals surface area contributed by atoms with Crippen molar-refractivity contribution in [3.63, 3.8) is 0 Å². The van der Waals surface area contributed by atoms with Crippen LogP contribution in [0.5, 0.6) is 0 Å². The molecule has 6 heteroatoms. The fourth-order valence-electron chi connectivity index (χ4n) is 2.19. The largest absolute Gasteiger partial charge is 0.376 e. The van der Waals surface area contributed by atoms with E-state index in [0.717, 1.165) is 5.56 Å². The summed E-state index contributed by atoms with van der Waals surface area (Å²) in [5.74, 6) is -0.586. The van der Waals surface area contributed by atoms with Crippen molar-refractivity contribution in [3.05, 3.63) is 34.6 Å². The third-order valence-corrected chi connectivity index (χ3v) is 3.79. The zero-order valence-electron chi connectivity index (χ0n) is 12.1. The minimum absolute atomic E-state index is 0.207. The van der Waals surface area contributed by atoms with Gasteiger partial charge in [-0.1, -0.05) is 31.5 Å². The van der Waals surface area contributed by atoms with Crippen molar-refractivity contribution in [2.75, 3.05) is 26.4 Å². The zero-order valence-corrected chi connectivity index (χ0v) is 12.9. The second-order valence-corrected chi connectivity index (χ2v) is 6.07. The number of halogens is 2. The predicted molar refractivity (Wildman–Crippen MR) is 78.0 cm³/mol. The number of hydrogen-bond acceptors (Lipinski definition) is 3. The Morgan fingerprint density at radius 2 is 2.24 bits per heavy atom. The van der Waals surface area contributed by atoms with Gasteiger partial charge in [0.05, 0.1) is 19.8 Å². The first kappa shape index (κ1) is 16.2. The molecule has 0 radical (unpaired) electrons. The highest BCUT2D eigenvalue weighted by atomic mass is 35.5. The molecule has 2 rings (SSSR count). The van der Waals surface area contributed by atoms with Gasteiger partial charge in [0.25, 0.3) is 5.91 Å². The Balaban J connectivity index is 1.98. The molecular formula is C15H19ClFNO3. The number of rotatable bonds is 4. The molecular weight excluding hydrogens is 297 g/mol. The monoisotopic (exact) mass is 315 g/mol. The summed E-state index contributed by atoms with van der Waals surface area (Å²) in [6.45, 7) is 5.45. The molecule has 0 saturated carbocycles. The van der Waals surface area contributed by atoms with Crippen LogP contribution in [0.15, 0.2) is 18.2 Å². The molecule has 1 aromatic rings. The van der Waals surface area contributed by atoms with E-state index in [4.69, 9.17) is 21.1 Å². The lowest BCUT2D eigenvalue weighted by Crippen LogP contribution is -2.46. The van der Waals surface area contributed by atoms with E-state index >= 15 is 0 Å². The summed E-state index contributed by atoms with van der Waals surface area (Å²) in [6, 6.07) is 4.28. The molecule has 0 aromatic heterocycles. The smallest absolute Gasteiger partial charge is 0.251 e. The van der Waals surface area contributed by atoms with Gasteiger partial charge in [0, 0.05) is 17.0 Å². The van der Waals surface area contributed by atoms with Crippen LogP contribution in [0.1, 0.15) is 19.4 Å². The molecule has 1 aromatic carbocycles. The number of hydrogen-bond donors (Lipinski definition) is 1. The summed E-state index contributed by atoms with van der Waals surface area (Å²) in [7, 11) is 0. The van der Waals surface area contributed by atoms with Crippen LogP contribution in [0.25, 0.3) is 0 Å². The maximum Gasteiger partial charge on any atom is 0.251 e. The van der Waals surface area contributed by atoms with Crippen molar-refractivity contribution in [2.45, 2.75) is 25.4 Å². The van der Waals surface area contributed by atoms with Crippen LogP contribution < -0.4 is 5.32 Å². The van der Waals surface area contributed by atoms with Gasteiger partial charge in [-0.25, -0.2) is 4.39 Å². The van der Waals surface area contributed by atoms with E-state index in [1.807, 2.05) is 13.8 Å². The van der Waals surface area contributed by atoms with E-state index in [1.54, 1.807) is 6.07 Å². The first-order valence-corrected chi connectivity index (χ1v) is 7.20. The van der Waals surface area contributed by atoms with Crippen LogP contribution in [-0.2, 0) is 19.7 Å². The lowest BCUT2D eigenvalue weighted by molar-refractivity contribution is -0.147. The standard InChI is InChI=1S/C15H19ClFNO3/c1-15(2,11-4-3-10(17)7-12(11)16)9-18-14(19)13-8-20-5-6-21-13/h3-4,7,13H,5-6,8-9H2,1-2H3,(H,18,19)/t13-/m0/s1. The summed E-state index contributed by atoms with van der Waals surface area (Å²) < 4.78 is 23.6.